The van der Waals surface area contributed by atoms with Crippen LogP contribution in [0.5, 0.6) is 0 Å². The average Bonchev–Trinajstić information content (AvgIpc) is 2.42. The smallest absolute Gasteiger partial charge is 0.249 e. The fraction of sp³-hybridized carbons (Fsp3) is 0.286. The van der Waals surface area contributed by atoms with E-state index < -0.39 is 6.04 Å². The van der Waals surface area contributed by atoms with Crippen molar-refractivity contribution in [2.75, 3.05) is 11.4 Å². The van der Waals surface area contributed by atoms with E-state index in [-0.39, 0.29) is 11.8 Å². The molecule has 0 radical (unpaired) electrons. The standard InChI is InChI=1S/C14H16N2O2/c1-2-13(17)15-12-9-6-10-16(14(12)18)11-7-4-3-5-8-11/h2-5,7-8,12H,1,6,9-10H2,(H,15,17). The number of nitrogens with zero attached hydrogens (tertiary/aromatic N) is 1. The van der Waals surface area contributed by atoms with Crippen molar-refractivity contribution in [3.8, 4) is 0 Å². The van der Waals surface area contributed by atoms with Crippen LogP contribution in [-0.4, -0.2) is 24.4 Å². The van der Waals surface area contributed by atoms with E-state index >= 15 is 0 Å². The summed E-state index contributed by atoms with van der Waals surface area (Å²) in [5.74, 6) is -0.356. The summed E-state index contributed by atoms with van der Waals surface area (Å²) in [5.41, 5.74) is 0.875. The Morgan fingerprint density at radius 1 is 1.39 bits per heavy atom. The summed E-state index contributed by atoms with van der Waals surface area (Å²) < 4.78 is 0. The molecule has 0 spiro atoms. The molecular formula is C14H16N2O2. The van der Waals surface area contributed by atoms with Gasteiger partial charge in [0, 0.05) is 12.2 Å². The van der Waals surface area contributed by atoms with Crippen molar-refractivity contribution in [3.05, 3.63) is 43.0 Å². The highest BCUT2D eigenvalue weighted by Gasteiger charge is 2.30. The van der Waals surface area contributed by atoms with Crippen LogP contribution in [0.2, 0.25) is 0 Å². The van der Waals surface area contributed by atoms with E-state index in [1.807, 2.05) is 30.3 Å². The fourth-order valence-electron chi connectivity index (χ4n) is 2.10. The first-order chi connectivity index (χ1) is 8.72. The molecule has 1 aliphatic rings. The molecule has 0 aromatic heterocycles. The molecule has 1 fully saturated rings. The number of amides is 2. The van der Waals surface area contributed by atoms with Gasteiger partial charge in [0.15, 0.2) is 0 Å². The van der Waals surface area contributed by atoms with Crippen LogP contribution in [0.15, 0.2) is 43.0 Å². The first-order valence-electron chi connectivity index (χ1n) is 6.01. The molecule has 4 nitrogen and oxygen atoms in total. The first-order valence-corrected chi connectivity index (χ1v) is 6.01. The van der Waals surface area contributed by atoms with Gasteiger partial charge in [-0.05, 0) is 31.1 Å². The summed E-state index contributed by atoms with van der Waals surface area (Å²) in [6, 6.07) is 9.06. The SMILES string of the molecule is C=CC(=O)NC1CCCN(c2ccccc2)C1=O. The number of carbonyl (C=O) groups is 2. The number of rotatable bonds is 3. The third-order valence-corrected chi connectivity index (χ3v) is 3.01. The average molecular weight is 244 g/mol. The quantitative estimate of drug-likeness (QED) is 0.819. The van der Waals surface area contributed by atoms with E-state index in [1.165, 1.54) is 6.08 Å². The molecule has 1 heterocycles. The van der Waals surface area contributed by atoms with Crippen molar-refractivity contribution in [2.45, 2.75) is 18.9 Å². The third kappa shape index (κ3) is 2.59. The van der Waals surface area contributed by atoms with Crippen LogP contribution in [0, 0.1) is 0 Å². The molecule has 1 N–H and O–H groups in total. The van der Waals surface area contributed by atoms with Gasteiger partial charge in [-0.15, -0.1) is 0 Å². The highest BCUT2D eigenvalue weighted by Crippen LogP contribution is 2.20. The summed E-state index contributed by atoms with van der Waals surface area (Å²) in [7, 11) is 0. The number of para-hydroxylation sites is 1. The fourth-order valence-corrected chi connectivity index (χ4v) is 2.10. The van der Waals surface area contributed by atoms with Gasteiger partial charge in [0.25, 0.3) is 0 Å². The zero-order valence-corrected chi connectivity index (χ0v) is 10.1. The summed E-state index contributed by atoms with van der Waals surface area (Å²) >= 11 is 0. The molecule has 94 valence electrons. The summed E-state index contributed by atoms with van der Waals surface area (Å²) in [6.45, 7) is 4.09. The van der Waals surface area contributed by atoms with Gasteiger partial charge in [0.1, 0.15) is 6.04 Å². The zero-order valence-electron chi connectivity index (χ0n) is 10.1. The third-order valence-electron chi connectivity index (χ3n) is 3.01. The van der Waals surface area contributed by atoms with E-state index in [1.54, 1.807) is 4.90 Å². The summed E-state index contributed by atoms with van der Waals surface area (Å²) in [6.07, 6.45) is 2.75. The molecule has 4 heteroatoms. The lowest BCUT2D eigenvalue weighted by atomic mass is 10.0. The number of benzene rings is 1. The van der Waals surface area contributed by atoms with Gasteiger partial charge in [0.05, 0.1) is 0 Å². The lowest BCUT2D eigenvalue weighted by Gasteiger charge is -2.32. The van der Waals surface area contributed by atoms with Crippen molar-refractivity contribution >= 4 is 17.5 Å². The zero-order chi connectivity index (χ0) is 13.0. The number of hydrogen-bond donors (Lipinski definition) is 1. The molecule has 1 aromatic rings. The predicted molar refractivity (Wildman–Crippen MR) is 70.2 cm³/mol. The Bertz CT molecular complexity index is 456. The molecule has 1 aliphatic heterocycles. The van der Waals surface area contributed by atoms with Gasteiger partial charge >= 0.3 is 0 Å². The Balaban J connectivity index is 2.12. The number of anilines is 1. The van der Waals surface area contributed by atoms with Crippen molar-refractivity contribution in [1.82, 2.24) is 5.32 Å². The minimum Gasteiger partial charge on any atom is -0.341 e. The van der Waals surface area contributed by atoms with E-state index in [2.05, 4.69) is 11.9 Å². The van der Waals surface area contributed by atoms with Gasteiger partial charge in [-0.2, -0.15) is 0 Å². The number of nitrogens with one attached hydrogen (secondary N) is 1. The van der Waals surface area contributed by atoms with Gasteiger partial charge in [-0.3, -0.25) is 9.59 Å². The molecule has 0 aliphatic carbocycles. The molecule has 2 amide bonds. The monoisotopic (exact) mass is 244 g/mol. The van der Waals surface area contributed by atoms with E-state index in [4.69, 9.17) is 0 Å². The van der Waals surface area contributed by atoms with Crippen molar-refractivity contribution < 1.29 is 9.59 Å². The van der Waals surface area contributed by atoms with Crippen LogP contribution in [-0.2, 0) is 9.59 Å². The van der Waals surface area contributed by atoms with Crippen LogP contribution in [0.3, 0.4) is 0 Å². The minimum absolute atomic E-state index is 0.0531. The van der Waals surface area contributed by atoms with Crippen LogP contribution in [0.25, 0.3) is 0 Å². The lowest BCUT2D eigenvalue weighted by molar-refractivity contribution is -0.126. The van der Waals surface area contributed by atoms with E-state index in [9.17, 15) is 9.59 Å². The summed E-state index contributed by atoms with van der Waals surface area (Å²) in [4.78, 5) is 25.2. The predicted octanol–water partition coefficient (Wildman–Crippen LogP) is 1.48. The molecule has 1 atom stereocenters. The minimum atomic E-state index is -0.440. The van der Waals surface area contributed by atoms with Gasteiger partial charge in [-0.1, -0.05) is 24.8 Å². The lowest BCUT2D eigenvalue weighted by Crippen LogP contribution is -2.52. The number of hydrogen-bond acceptors (Lipinski definition) is 2. The topological polar surface area (TPSA) is 49.4 Å². The highest BCUT2D eigenvalue weighted by molar-refractivity contribution is 6.01. The maximum atomic E-state index is 12.3. The van der Waals surface area contributed by atoms with Crippen LogP contribution in [0.4, 0.5) is 5.69 Å². The van der Waals surface area contributed by atoms with Crippen molar-refractivity contribution in [3.63, 3.8) is 0 Å². The normalized spacial score (nSPS) is 19.4. The van der Waals surface area contributed by atoms with Crippen molar-refractivity contribution in [1.29, 1.82) is 0 Å². The Kier molecular flexibility index (Phi) is 3.77. The molecule has 18 heavy (non-hydrogen) atoms. The van der Waals surface area contributed by atoms with Crippen molar-refractivity contribution in [2.24, 2.45) is 0 Å². The second-order valence-corrected chi connectivity index (χ2v) is 4.23. The number of carbonyl (C=O) groups excluding carboxylic acids is 2. The Labute approximate surface area is 106 Å². The molecule has 1 saturated heterocycles. The first kappa shape index (κ1) is 12.4. The molecule has 0 bridgehead atoms. The molecule has 2 rings (SSSR count). The summed E-state index contributed by atoms with van der Waals surface area (Å²) in [5, 5.41) is 2.67. The van der Waals surface area contributed by atoms with Crippen LogP contribution in [0.1, 0.15) is 12.8 Å². The Hall–Kier alpha value is -2.10. The Morgan fingerprint density at radius 2 is 2.11 bits per heavy atom. The van der Waals surface area contributed by atoms with Gasteiger partial charge < -0.3 is 10.2 Å². The van der Waals surface area contributed by atoms with E-state index in [0.717, 1.165) is 12.1 Å². The maximum Gasteiger partial charge on any atom is 0.249 e. The van der Waals surface area contributed by atoms with Crippen LogP contribution < -0.4 is 10.2 Å². The number of piperidine rings is 1. The maximum absolute atomic E-state index is 12.3. The van der Waals surface area contributed by atoms with Gasteiger partial charge in [0.2, 0.25) is 11.8 Å². The highest BCUT2D eigenvalue weighted by atomic mass is 16.2. The van der Waals surface area contributed by atoms with Gasteiger partial charge in [-0.25, -0.2) is 0 Å². The molecular weight excluding hydrogens is 228 g/mol. The van der Waals surface area contributed by atoms with Crippen LogP contribution >= 0.6 is 0 Å². The largest absolute Gasteiger partial charge is 0.341 e. The molecule has 1 unspecified atom stereocenters. The Morgan fingerprint density at radius 3 is 2.78 bits per heavy atom. The molecule has 1 aromatic carbocycles. The van der Waals surface area contributed by atoms with E-state index in [0.29, 0.717) is 13.0 Å². The second-order valence-electron chi connectivity index (χ2n) is 4.23. The molecule has 0 saturated carbocycles. The second kappa shape index (κ2) is 5.49.